The van der Waals surface area contributed by atoms with E-state index in [1.54, 1.807) is 6.20 Å². The molecular formula is C10H11ClN2O. The Labute approximate surface area is 87.6 Å². The van der Waals surface area contributed by atoms with E-state index >= 15 is 0 Å². The summed E-state index contributed by atoms with van der Waals surface area (Å²) in [6, 6.07) is 1.83. The Morgan fingerprint density at radius 1 is 1.43 bits per heavy atom. The Hall–Kier alpha value is -1.06. The van der Waals surface area contributed by atoms with Gasteiger partial charge in [-0.25, -0.2) is 4.98 Å². The third-order valence-corrected chi connectivity index (χ3v) is 2.57. The first-order valence-corrected chi connectivity index (χ1v) is 4.84. The molecule has 0 radical (unpaired) electrons. The van der Waals surface area contributed by atoms with Gasteiger partial charge in [0.15, 0.2) is 0 Å². The van der Waals surface area contributed by atoms with Crippen molar-refractivity contribution in [2.24, 2.45) is 0 Å². The van der Waals surface area contributed by atoms with Gasteiger partial charge < -0.3 is 10.0 Å². The summed E-state index contributed by atoms with van der Waals surface area (Å²) in [5.41, 5.74) is 0.726. The molecule has 4 heteroatoms. The van der Waals surface area contributed by atoms with Crippen molar-refractivity contribution in [3.63, 3.8) is 0 Å². The average molecular weight is 211 g/mol. The van der Waals surface area contributed by atoms with Crippen LogP contribution in [0, 0.1) is 0 Å². The van der Waals surface area contributed by atoms with Crippen LogP contribution in [0.4, 0.5) is 5.82 Å². The standard InChI is InChI=1S/C10H11ClN2O/c11-9-6-12-10(5-8(9)7-14)13-3-1-2-4-13/h1-2,5-6,14H,3-4,7H2. The van der Waals surface area contributed by atoms with Crippen LogP contribution < -0.4 is 4.90 Å². The van der Waals surface area contributed by atoms with Gasteiger partial charge in [-0.2, -0.15) is 0 Å². The summed E-state index contributed by atoms with van der Waals surface area (Å²) >= 11 is 5.85. The van der Waals surface area contributed by atoms with Crippen molar-refractivity contribution in [3.8, 4) is 0 Å². The molecule has 3 nitrogen and oxygen atoms in total. The minimum Gasteiger partial charge on any atom is -0.392 e. The number of aliphatic hydroxyl groups is 1. The number of rotatable bonds is 2. The van der Waals surface area contributed by atoms with Gasteiger partial charge in [-0.05, 0) is 6.07 Å². The minimum atomic E-state index is -0.0460. The largest absolute Gasteiger partial charge is 0.392 e. The fraction of sp³-hybridized carbons (Fsp3) is 0.300. The fourth-order valence-corrected chi connectivity index (χ4v) is 1.59. The molecule has 1 aromatic rings. The van der Waals surface area contributed by atoms with Crippen molar-refractivity contribution >= 4 is 17.4 Å². The molecule has 74 valence electrons. The molecule has 2 heterocycles. The lowest BCUT2D eigenvalue weighted by molar-refractivity contribution is 0.282. The second-order valence-electron chi connectivity index (χ2n) is 3.17. The van der Waals surface area contributed by atoms with Gasteiger partial charge >= 0.3 is 0 Å². The van der Waals surface area contributed by atoms with E-state index in [2.05, 4.69) is 22.0 Å². The molecule has 1 aliphatic heterocycles. The Bertz CT molecular complexity index is 357. The van der Waals surface area contributed by atoms with Crippen molar-refractivity contribution in [3.05, 3.63) is 35.0 Å². The highest BCUT2D eigenvalue weighted by molar-refractivity contribution is 6.31. The number of pyridine rings is 1. The number of halogens is 1. The van der Waals surface area contributed by atoms with Crippen LogP contribution in [0.2, 0.25) is 5.02 Å². The summed E-state index contributed by atoms with van der Waals surface area (Å²) in [5, 5.41) is 9.56. The molecule has 2 rings (SSSR count). The third-order valence-electron chi connectivity index (χ3n) is 2.23. The van der Waals surface area contributed by atoms with E-state index in [0.29, 0.717) is 5.02 Å². The molecule has 0 unspecified atom stereocenters. The van der Waals surface area contributed by atoms with Crippen LogP contribution in [0.1, 0.15) is 5.56 Å². The van der Waals surface area contributed by atoms with Crippen LogP contribution in [0.5, 0.6) is 0 Å². The smallest absolute Gasteiger partial charge is 0.129 e. The number of anilines is 1. The highest BCUT2D eigenvalue weighted by Gasteiger charge is 2.10. The first-order chi connectivity index (χ1) is 6.81. The zero-order valence-corrected chi connectivity index (χ0v) is 8.41. The molecule has 0 bridgehead atoms. The molecule has 0 aromatic carbocycles. The molecule has 0 fully saturated rings. The van der Waals surface area contributed by atoms with Gasteiger partial charge in [0.05, 0.1) is 11.6 Å². The molecule has 1 aromatic heterocycles. The molecular weight excluding hydrogens is 200 g/mol. The molecule has 0 aliphatic carbocycles. The maximum absolute atomic E-state index is 9.04. The lowest BCUT2D eigenvalue weighted by Gasteiger charge is -2.17. The Morgan fingerprint density at radius 2 is 2.14 bits per heavy atom. The predicted molar refractivity (Wildman–Crippen MR) is 56.5 cm³/mol. The fourth-order valence-electron chi connectivity index (χ4n) is 1.43. The lowest BCUT2D eigenvalue weighted by atomic mass is 10.2. The van der Waals surface area contributed by atoms with Crippen LogP contribution in [0.25, 0.3) is 0 Å². The number of hydrogen-bond donors (Lipinski definition) is 1. The van der Waals surface area contributed by atoms with Crippen molar-refractivity contribution in [1.29, 1.82) is 0 Å². The van der Waals surface area contributed by atoms with Crippen molar-refractivity contribution in [2.75, 3.05) is 18.0 Å². The number of nitrogens with zero attached hydrogens (tertiary/aromatic N) is 2. The molecule has 0 saturated heterocycles. The second-order valence-corrected chi connectivity index (χ2v) is 3.58. The lowest BCUT2D eigenvalue weighted by Crippen LogP contribution is -2.19. The zero-order chi connectivity index (χ0) is 9.97. The van der Waals surface area contributed by atoms with Crippen LogP contribution in [-0.4, -0.2) is 23.2 Å². The molecule has 1 aliphatic rings. The van der Waals surface area contributed by atoms with Crippen LogP contribution in [0.3, 0.4) is 0 Å². The van der Waals surface area contributed by atoms with Crippen molar-refractivity contribution in [2.45, 2.75) is 6.61 Å². The monoisotopic (exact) mass is 210 g/mol. The van der Waals surface area contributed by atoms with E-state index in [9.17, 15) is 0 Å². The summed E-state index contributed by atoms with van der Waals surface area (Å²) in [4.78, 5) is 6.32. The minimum absolute atomic E-state index is 0.0460. The molecule has 0 spiro atoms. The molecule has 14 heavy (non-hydrogen) atoms. The first kappa shape index (κ1) is 9.49. The molecule has 0 saturated carbocycles. The van der Waals surface area contributed by atoms with E-state index in [0.717, 1.165) is 24.5 Å². The first-order valence-electron chi connectivity index (χ1n) is 4.46. The van der Waals surface area contributed by atoms with E-state index in [-0.39, 0.29) is 6.61 Å². The molecule has 0 atom stereocenters. The van der Waals surface area contributed by atoms with Crippen LogP contribution in [-0.2, 0) is 6.61 Å². The van der Waals surface area contributed by atoms with Crippen LogP contribution >= 0.6 is 11.6 Å². The zero-order valence-electron chi connectivity index (χ0n) is 7.65. The van der Waals surface area contributed by atoms with Crippen LogP contribution in [0.15, 0.2) is 24.4 Å². The average Bonchev–Trinajstić information content (AvgIpc) is 2.71. The van der Waals surface area contributed by atoms with E-state index < -0.39 is 0 Å². The quantitative estimate of drug-likeness (QED) is 0.754. The Morgan fingerprint density at radius 3 is 2.79 bits per heavy atom. The van der Waals surface area contributed by atoms with E-state index in [4.69, 9.17) is 16.7 Å². The third kappa shape index (κ3) is 1.74. The topological polar surface area (TPSA) is 36.4 Å². The van der Waals surface area contributed by atoms with Gasteiger partial charge in [-0.1, -0.05) is 23.8 Å². The van der Waals surface area contributed by atoms with Gasteiger partial charge in [-0.3, -0.25) is 0 Å². The van der Waals surface area contributed by atoms with Gasteiger partial charge in [-0.15, -0.1) is 0 Å². The van der Waals surface area contributed by atoms with E-state index in [1.807, 2.05) is 6.07 Å². The normalized spacial score (nSPS) is 15.1. The number of aromatic nitrogens is 1. The SMILES string of the molecule is OCc1cc(N2CC=CC2)ncc1Cl. The maximum atomic E-state index is 9.04. The summed E-state index contributed by atoms with van der Waals surface area (Å²) in [6.45, 7) is 1.70. The van der Waals surface area contributed by atoms with Gasteiger partial charge in [0, 0.05) is 24.8 Å². The Kier molecular flexibility index (Phi) is 2.70. The molecule has 1 N–H and O–H groups in total. The van der Waals surface area contributed by atoms with Gasteiger partial charge in [0.25, 0.3) is 0 Å². The highest BCUT2D eigenvalue weighted by atomic mass is 35.5. The molecule has 0 amide bonds. The van der Waals surface area contributed by atoms with Crippen molar-refractivity contribution in [1.82, 2.24) is 4.98 Å². The predicted octanol–water partition coefficient (Wildman–Crippen LogP) is 1.60. The summed E-state index contributed by atoms with van der Waals surface area (Å²) < 4.78 is 0. The maximum Gasteiger partial charge on any atom is 0.129 e. The summed E-state index contributed by atoms with van der Waals surface area (Å²) in [7, 11) is 0. The van der Waals surface area contributed by atoms with Gasteiger partial charge in [0.1, 0.15) is 5.82 Å². The summed E-state index contributed by atoms with van der Waals surface area (Å²) in [6.07, 6.45) is 5.77. The highest BCUT2D eigenvalue weighted by Crippen LogP contribution is 2.21. The number of hydrogen-bond acceptors (Lipinski definition) is 3. The van der Waals surface area contributed by atoms with E-state index in [1.165, 1.54) is 0 Å². The second kappa shape index (κ2) is 3.98. The Balaban J connectivity index is 2.26. The summed E-state index contributed by atoms with van der Waals surface area (Å²) in [5.74, 6) is 0.864. The number of aliphatic hydroxyl groups excluding tert-OH is 1. The van der Waals surface area contributed by atoms with Gasteiger partial charge in [0.2, 0.25) is 0 Å². The van der Waals surface area contributed by atoms with Crippen molar-refractivity contribution < 1.29 is 5.11 Å².